The maximum Gasteiger partial charge on any atom is 0.331 e. The van der Waals surface area contributed by atoms with Crippen molar-refractivity contribution in [2.45, 2.75) is 26.9 Å². The van der Waals surface area contributed by atoms with Gasteiger partial charge in [-0.15, -0.1) is 0 Å². The van der Waals surface area contributed by atoms with Gasteiger partial charge in [-0.1, -0.05) is 18.2 Å². The Morgan fingerprint density at radius 2 is 1.62 bits per heavy atom. The average molecular weight is 396 g/mol. The minimum Gasteiger partial charge on any atom is -0.493 e. The van der Waals surface area contributed by atoms with Crippen LogP contribution in [-0.4, -0.2) is 30.5 Å². The van der Waals surface area contributed by atoms with Gasteiger partial charge in [-0.3, -0.25) is 9.59 Å². The first kappa shape index (κ1) is 21.7. The van der Waals surface area contributed by atoms with Gasteiger partial charge < -0.3 is 20.1 Å². The summed E-state index contributed by atoms with van der Waals surface area (Å²) in [7, 11) is 0. The summed E-state index contributed by atoms with van der Waals surface area (Å²) in [5, 5.41) is 5.29. The molecule has 0 saturated heterocycles. The standard InChI is InChI=1S/C22H24N2O5/c1-4-28-20-8-6-5-7-17(20)9-14-21(26)29-15(2)22(27)24-19-12-10-18(11-13-19)23-16(3)25/h5-15H,4H2,1-3H3,(H,23,25)(H,24,27)/b14-9+. The Bertz CT molecular complexity index is 890. The highest BCUT2D eigenvalue weighted by Crippen LogP contribution is 2.19. The molecule has 2 aromatic rings. The maximum atomic E-state index is 12.2. The highest BCUT2D eigenvalue weighted by molar-refractivity contribution is 5.97. The van der Waals surface area contributed by atoms with Crippen LogP contribution >= 0.6 is 0 Å². The maximum absolute atomic E-state index is 12.2. The lowest BCUT2D eigenvalue weighted by Gasteiger charge is -2.13. The van der Waals surface area contributed by atoms with Gasteiger partial charge in [0.05, 0.1) is 6.61 Å². The van der Waals surface area contributed by atoms with Gasteiger partial charge in [-0.25, -0.2) is 4.79 Å². The smallest absolute Gasteiger partial charge is 0.331 e. The molecular weight excluding hydrogens is 372 g/mol. The predicted molar refractivity (Wildman–Crippen MR) is 112 cm³/mol. The summed E-state index contributed by atoms with van der Waals surface area (Å²) in [5.41, 5.74) is 1.88. The predicted octanol–water partition coefficient (Wildman–Crippen LogP) is 3.63. The van der Waals surface area contributed by atoms with Crippen molar-refractivity contribution in [1.82, 2.24) is 0 Å². The Kier molecular flexibility index (Phi) is 7.97. The molecule has 0 aromatic heterocycles. The van der Waals surface area contributed by atoms with E-state index in [2.05, 4.69) is 10.6 Å². The molecule has 0 bridgehead atoms. The summed E-state index contributed by atoms with van der Waals surface area (Å²) < 4.78 is 10.6. The second-order valence-corrected chi connectivity index (χ2v) is 6.13. The number of esters is 1. The lowest BCUT2D eigenvalue weighted by atomic mass is 10.2. The van der Waals surface area contributed by atoms with E-state index in [4.69, 9.17) is 9.47 Å². The van der Waals surface area contributed by atoms with Crippen LogP contribution in [0.15, 0.2) is 54.6 Å². The lowest BCUT2D eigenvalue weighted by molar-refractivity contribution is -0.148. The molecule has 152 valence electrons. The number of nitrogens with one attached hydrogen (secondary N) is 2. The van der Waals surface area contributed by atoms with Crippen molar-refractivity contribution in [3.63, 3.8) is 0 Å². The largest absolute Gasteiger partial charge is 0.493 e. The van der Waals surface area contributed by atoms with Crippen LogP contribution in [0.25, 0.3) is 6.08 Å². The van der Waals surface area contributed by atoms with E-state index in [1.165, 1.54) is 19.9 Å². The molecule has 2 rings (SSSR count). The number of ether oxygens (including phenoxy) is 2. The quantitative estimate of drug-likeness (QED) is 0.525. The van der Waals surface area contributed by atoms with Gasteiger partial charge in [-0.2, -0.15) is 0 Å². The number of rotatable bonds is 8. The number of carbonyl (C=O) groups excluding carboxylic acids is 3. The van der Waals surface area contributed by atoms with E-state index in [-0.39, 0.29) is 5.91 Å². The molecular formula is C22H24N2O5. The molecule has 7 heteroatoms. The third-order valence-electron chi connectivity index (χ3n) is 3.75. The molecule has 2 amide bonds. The van der Waals surface area contributed by atoms with E-state index in [0.717, 1.165) is 5.56 Å². The molecule has 0 spiro atoms. The third-order valence-corrected chi connectivity index (χ3v) is 3.75. The molecule has 2 N–H and O–H groups in total. The average Bonchev–Trinajstić information content (AvgIpc) is 2.68. The first-order valence-corrected chi connectivity index (χ1v) is 9.18. The molecule has 0 saturated carbocycles. The number of amides is 2. The van der Waals surface area contributed by atoms with E-state index in [1.807, 2.05) is 31.2 Å². The van der Waals surface area contributed by atoms with Gasteiger partial charge in [0, 0.05) is 29.9 Å². The van der Waals surface area contributed by atoms with Crippen molar-refractivity contribution < 1.29 is 23.9 Å². The summed E-state index contributed by atoms with van der Waals surface area (Å²) in [6.45, 7) is 5.29. The fourth-order valence-electron chi connectivity index (χ4n) is 2.41. The SMILES string of the molecule is CCOc1ccccc1/C=C/C(=O)OC(C)C(=O)Nc1ccc(NC(C)=O)cc1. The van der Waals surface area contributed by atoms with Crippen LogP contribution in [0.3, 0.4) is 0 Å². The molecule has 7 nitrogen and oxygen atoms in total. The van der Waals surface area contributed by atoms with Gasteiger partial charge >= 0.3 is 5.97 Å². The Balaban J connectivity index is 1.90. The Labute approximate surface area is 169 Å². The highest BCUT2D eigenvalue weighted by atomic mass is 16.5. The zero-order valence-corrected chi connectivity index (χ0v) is 16.6. The molecule has 1 unspecified atom stereocenters. The molecule has 0 radical (unpaired) electrons. The van der Waals surface area contributed by atoms with Crippen molar-refractivity contribution in [2.24, 2.45) is 0 Å². The molecule has 1 atom stereocenters. The van der Waals surface area contributed by atoms with Crippen molar-refractivity contribution in [2.75, 3.05) is 17.2 Å². The zero-order valence-electron chi connectivity index (χ0n) is 16.6. The fourth-order valence-corrected chi connectivity index (χ4v) is 2.41. The number of anilines is 2. The van der Waals surface area contributed by atoms with Crippen molar-refractivity contribution in [3.05, 3.63) is 60.2 Å². The summed E-state index contributed by atoms with van der Waals surface area (Å²) in [5.74, 6) is -0.625. The number of carbonyl (C=O) groups is 3. The van der Waals surface area contributed by atoms with Crippen molar-refractivity contribution >= 4 is 35.2 Å². The number of hydrogen-bond acceptors (Lipinski definition) is 5. The monoisotopic (exact) mass is 396 g/mol. The fraction of sp³-hybridized carbons (Fsp3) is 0.227. The van der Waals surface area contributed by atoms with Crippen LogP contribution in [0, 0.1) is 0 Å². The van der Waals surface area contributed by atoms with E-state index in [1.54, 1.807) is 30.3 Å². The minimum atomic E-state index is -0.982. The van der Waals surface area contributed by atoms with Crippen LogP contribution in [0.1, 0.15) is 26.3 Å². The summed E-state index contributed by atoms with van der Waals surface area (Å²) in [6.07, 6.45) is 1.85. The molecule has 0 aliphatic heterocycles. The topological polar surface area (TPSA) is 93.7 Å². The minimum absolute atomic E-state index is 0.181. The van der Waals surface area contributed by atoms with E-state index >= 15 is 0 Å². The molecule has 2 aromatic carbocycles. The van der Waals surface area contributed by atoms with Gasteiger partial charge in [0.25, 0.3) is 5.91 Å². The normalized spacial score (nSPS) is 11.6. The number of benzene rings is 2. The summed E-state index contributed by atoms with van der Waals surface area (Å²) >= 11 is 0. The third kappa shape index (κ3) is 7.14. The zero-order chi connectivity index (χ0) is 21.2. The Hall–Kier alpha value is -3.61. The van der Waals surface area contributed by atoms with Gasteiger partial charge in [-0.05, 0) is 50.3 Å². The van der Waals surface area contributed by atoms with Gasteiger partial charge in [0.15, 0.2) is 6.10 Å². The molecule has 29 heavy (non-hydrogen) atoms. The van der Waals surface area contributed by atoms with Crippen molar-refractivity contribution in [3.8, 4) is 5.75 Å². The number of hydrogen-bond donors (Lipinski definition) is 2. The lowest BCUT2D eigenvalue weighted by Crippen LogP contribution is -2.29. The van der Waals surface area contributed by atoms with Crippen LogP contribution < -0.4 is 15.4 Å². The highest BCUT2D eigenvalue weighted by Gasteiger charge is 2.16. The van der Waals surface area contributed by atoms with Crippen LogP contribution in [0.4, 0.5) is 11.4 Å². The first-order valence-electron chi connectivity index (χ1n) is 9.18. The van der Waals surface area contributed by atoms with Crippen molar-refractivity contribution in [1.29, 1.82) is 0 Å². The molecule has 0 heterocycles. The van der Waals surface area contributed by atoms with Gasteiger partial charge in [0.2, 0.25) is 5.91 Å². The second-order valence-electron chi connectivity index (χ2n) is 6.13. The van der Waals surface area contributed by atoms with Crippen LogP contribution in [0.5, 0.6) is 5.75 Å². The Morgan fingerprint density at radius 3 is 2.24 bits per heavy atom. The van der Waals surface area contributed by atoms with E-state index in [0.29, 0.717) is 23.7 Å². The first-order chi connectivity index (χ1) is 13.9. The molecule has 0 fully saturated rings. The van der Waals surface area contributed by atoms with E-state index < -0.39 is 18.0 Å². The van der Waals surface area contributed by atoms with Crippen LogP contribution in [0.2, 0.25) is 0 Å². The number of para-hydroxylation sites is 1. The second kappa shape index (κ2) is 10.7. The molecule has 0 aliphatic carbocycles. The van der Waals surface area contributed by atoms with Gasteiger partial charge in [0.1, 0.15) is 5.75 Å². The van der Waals surface area contributed by atoms with E-state index in [9.17, 15) is 14.4 Å². The Morgan fingerprint density at radius 1 is 1.00 bits per heavy atom. The van der Waals surface area contributed by atoms with Crippen LogP contribution in [-0.2, 0) is 19.1 Å². The summed E-state index contributed by atoms with van der Waals surface area (Å²) in [6, 6.07) is 13.9. The molecule has 0 aliphatic rings. The summed E-state index contributed by atoms with van der Waals surface area (Å²) in [4.78, 5) is 35.3.